The van der Waals surface area contributed by atoms with Crippen LogP contribution < -0.4 is 5.56 Å². The molecule has 3 rings (SSSR count). The van der Waals surface area contributed by atoms with Gasteiger partial charge in [-0.2, -0.15) is 0 Å². The largest absolute Gasteiger partial charge is 0.466 e. The number of carbonyl (C=O) groups is 2. The number of nitrogens with one attached hydrogen (secondary N) is 1. The molecule has 1 N–H and O–H groups in total. The Bertz CT molecular complexity index is 1010. The molecule has 2 heterocycles. The number of esters is 1. The number of aromatic nitrogens is 2. The molecule has 0 unspecified atom stereocenters. The Morgan fingerprint density at radius 2 is 2.11 bits per heavy atom. The monoisotopic (exact) mass is 403 g/mol. The van der Waals surface area contributed by atoms with E-state index in [4.69, 9.17) is 17.0 Å². The molecule has 1 fully saturated rings. The van der Waals surface area contributed by atoms with Crippen molar-refractivity contribution in [2.24, 2.45) is 5.92 Å². The number of piperidine rings is 1. The number of carbonyl (C=O) groups excluding carboxylic acids is 2. The highest BCUT2D eigenvalue weighted by Gasteiger charge is 2.29. The van der Waals surface area contributed by atoms with Gasteiger partial charge in [-0.3, -0.25) is 19.0 Å². The van der Waals surface area contributed by atoms with Crippen molar-refractivity contribution >= 4 is 35.0 Å². The summed E-state index contributed by atoms with van der Waals surface area (Å²) >= 11 is 5.30. The lowest BCUT2D eigenvalue weighted by atomic mass is 9.97. The first-order chi connectivity index (χ1) is 13.5. The van der Waals surface area contributed by atoms with Crippen LogP contribution in [0, 0.1) is 10.7 Å². The summed E-state index contributed by atoms with van der Waals surface area (Å²) in [4.78, 5) is 42.4. The second kappa shape index (κ2) is 8.68. The molecule has 0 radical (unpaired) electrons. The number of likely N-dealkylation sites (tertiary alicyclic amines) is 1. The van der Waals surface area contributed by atoms with Gasteiger partial charge < -0.3 is 14.6 Å². The number of fused-ring (bicyclic) bond motifs is 1. The van der Waals surface area contributed by atoms with Crippen LogP contribution in [0.2, 0.25) is 0 Å². The van der Waals surface area contributed by atoms with Gasteiger partial charge in [0.05, 0.1) is 23.4 Å². The lowest BCUT2D eigenvalue weighted by molar-refractivity contribution is -0.149. The van der Waals surface area contributed by atoms with Gasteiger partial charge in [0.15, 0.2) is 4.77 Å². The topological polar surface area (TPSA) is 84.4 Å². The van der Waals surface area contributed by atoms with E-state index in [9.17, 15) is 14.4 Å². The SMILES string of the molecule is CCCn1c(=S)[nH]c2cc(C(=O)N3CCC[C@@H](C(=O)OCC)C3)ccc2c1=O. The number of nitrogens with zero attached hydrogens (tertiary/aromatic N) is 2. The molecular weight excluding hydrogens is 378 g/mol. The van der Waals surface area contributed by atoms with Gasteiger partial charge in [0.1, 0.15) is 0 Å². The van der Waals surface area contributed by atoms with Crippen LogP contribution in [-0.4, -0.2) is 46.0 Å². The minimum Gasteiger partial charge on any atom is -0.466 e. The third-order valence-corrected chi connectivity index (χ3v) is 5.33. The molecule has 1 aromatic heterocycles. The zero-order valence-corrected chi connectivity index (χ0v) is 17.0. The molecule has 0 aliphatic carbocycles. The van der Waals surface area contributed by atoms with E-state index in [1.165, 1.54) is 4.57 Å². The summed E-state index contributed by atoms with van der Waals surface area (Å²) in [5, 5.41) is 0.502. The first-order valence-electron chi connectivity index (χ1n) is 9.69. The van der Waals surface area contributed by atoms with Gasteiger partial charge in [-0.1, -0.05) is 6.92 Å². The summed E-state index contributed by atoms with van der Waals surface area (Å²) in [6, 6.07) is 4.99. The number of hydrogen-bond acceptors (Lipinski definition) is 5. The van der Waals surface area contributed by atoms with E-state index in [0.29, 0.717) is 47.5 Å². The Balaban J connectivity index is 1.88. The highest BCUT2D eigenvalue weighted by Crippen LogP contribution is 2.21. The Morgan fingerprint density at radius 1 is 1.32 bits per heavy atom. The highest BCUT2D eigenvalue weighted by atomic mass is 32.1. The maximum absolute atomic E-state index is 13.0. The lowest BCUT2D eigenvalue weighted by Crippen LogP contribution is -2.42. The Labute approximate surface area is 168 Å². The van der Waals surface area contributed by atoms with E-state index in [1.807, 2.05) is 6.92 Å². The fourth-order valence-electron chi connectivity index (χ4n) is 3.61. The average molecular weight is 404 g/mol. The fourth-order valence-corrected chi connectivity index (χ4v) is 3.90. The first-order valence-corrected chi connectivity index (χ1v) is 10.1. The zero-order valence-electron chi connectivity index (χ0n) is 16.2. The van der Waals surface area contributed by atoms with E-state index < -0.39 is 0 Å². The van der Waals surface area contributed by atoms with E-state index >= 15 is 0 Å². The molecule has 8 heteroatoms. The van der Waals surface area contributed by atoms with Crippen LogP contribution in [0.15, 0.2) is 23.0 Å². The van der Waals surface area contributed by atoms with Crippen LogP contribution >= 0.6 is 12.2 Å². The molecule has 1 amide bonds. The van der Waals surface area contributed by atoms with Crippen molar-refractivity contribution in [3.63, 3.8) is 0 Å². The van der Waals surface area contributed by atoms with Gasteiger partial charge in [0, 0.05) is 25.2 Å². The molecule has 7 nitrogen and oxygen atoms in total. The highest BCUT2D eigenvalue weighted by molar-refractivity contribution is 7.71. The number of H-pyrrole nitrogens is 1. The van der Waals surface area contributed by atoms with E-state index in [2.05, 4.69) is 4.98 Å². The summed E-state index contributed by atoms with van der Waals surface area (Å²) in [5.41, 5.74) is 0.863. The molecular formula is C20H25N3O4S. The van der Waals surface area contributed by atoms with Crippen LogP contribution in [0.5, 0.6) is 0 Å². The van der Waals surface area contributed by atoms with Gasteiger partial charge in [-0.25, -0.2) is 0 Å². The minimum atomic E-state index is -0.287. The molecule has 2 aromatic rings. The van der Waals surface area contributed by atoms with Crippen LogP contribution in [0.25, 0.3) is 10.9 Å². The van der Waals surface area contributed by atoms with Crippen LogP contribution in [0.3, 0.4) is 0 Å². The molecule has 28 heavy (non-hydrogen) atoms. The standard InChI is InChI=1S/C20H25N3O4S/c1-3-9-23-18(25)15-8-7-13(11-16(15)21-20(23)28)17(24)22-10-5-6-14(12-22)19(26)27-4-2/h7-8,11,14H,3-6,9-10,12H2,1-2H3,(H,21,28)/t14-/m1/s1. The van der Waals surface area contributed by atoms with E-state index in [-0.39, 0.29) is 23.4 Å². The fraction of sp³-hybridized carbons (Fsp3) is 0.500. The number of aromatic amines is 1. The molecule has 0 bridgehead atoms. The number of rotatable bonds is 5. The number of hydrogen-bond donors (Lipinski definition) is 1. The molecule has 0 spiro atoms. The van der Waals surface area contributed by atoms with Gasteiger partial charge >= 0.3 is 5.97 Å². The summed E-state index contributed by atoms with van der Waals surface area (Å²) in [6.45, 7) is 5.59. The molecule has 0 saturated carbocycles. The first kappa shape index (κ1) is 20.3. The maximum atomic E-state index is 13.0. The zero-order chi connectivity index (χ0) is 20.3. The second-order valence-electron chi connectivity index (χ2n) is 6.99. The maximum Gasteiger partial charge on any atom is 0.310 e. The van der Waals surface area contributed by atoms with E-state index in [0.717, 1.165) is 19.3 Å². The molecule has 1 aliphatic heterocycles. The van der Waals surface area contributed by atoms with Gasteiger partial charge in [0.25, 0.3) is 11.5 Å². The third-order valence-electron chi connectivity index (χ3n) is 5.00. The number of amides is 1. The van der Waals surface area contributed by atoms with Crippen molar-refractivity contribution in [1.82, 2.24) is 14.5 Å². The van der Waals surface area contributed by atoms with Crippen molar-refractivity contribution in [1.29, 1.82) is 0 Å². The van der Waals surface area contributed by atoms with Gasteiger partial charge in [0.2, 0.25) is 0 Å². The molecule has 1 saturated heterocycles. The lowest BCUT2D eigenvalue weighted by Gasteiger charge is -2.31. The van der Waals surface area contributed by atoms with Crippen LogP contribution in [0.4, 0.5) is 0 Å². The third kappa shape index (κ3) is 4.01. The molecule has 1 aromatic carbocycles. The van der Waals surface area contributed by atoms with E-state index in [1.54, 1.807) is 30.0 Å². The summed E-state index contributed by atoms with van der Waals surface area (Å²) in [6.07, 6.45) is 2.29. The van der Waals surface area contributed by atoms with Crippen molar-refractivity contribution in [3.05, 3.63) is 38.9 Å². The van der Waals surface area contributed by atoms with Gasteiger partial charge in [-0.15, -0.1) is 0 Å². The van der Waals surface area contributed by atoms with Crippen molar-refractivity contribution in [2.75, 3.05) is 19.7 Å². The Hall–Kier alpha value is -2.48. The predicted octanol–water partition coefficient (Wildman–Crippen LogP) is 2.88. The number of ether oxygens (including phenoxy) is 1. The predicted molar refractivity (Wildman–Crippen MR) is 109 cm³/mol. The van der Waals surface area contributed by atoms with Crippen molar-refractivity contribution in [2.45, 2.75) is 39.7 Å². The Morgan fingerprint density at radius 3 is 2.82 bits per heavy atom. The summed E-state index contributed by atoms with van der Waals surface area (Å²) in [5.74, 6) is -0.697. The smallest absolute Gasteiger partial charge is 0.310 e. The second-order valence-corrected chi connectivity index (χ2v) is 7.38. The van der Waals surface area contributed by atoms with Gasteiger partial charge in [-0.05, 0) is 56.6 Å². The summed E-state index contributed by atoms with van der Waals surface area (Å²) < 4.78 is 6.99. The summed E-state index contributed by atoms with van der Waals surface area (Å²) in [7, 11) is 0. The van der Waals surface area contributed by atoms with Crippen molar-refractivity contribution in [3.8, 4) is 0 Å². The molecule has 1 aliphatic rings. The average Bonchev–Trinajstić information content (AvgIpc) is 2.70. The minimum absolute atomic E-state index is 0.153. The van der Waals surface area contributed by atoms with Crippen LogP contribution in [-0.2, 0) is 16.1 Å². The van der Waals surface area contributed by atoms with Crippen LogP contribution in [0.1, 0.15) is 43.5 Å². The molecule has 150 valence electrons. The quantitative estimate of drug-likeness (QED) is 0.613. The number of benzene rings is 1. The van der Waals surface area contributed by atoms with Crippen molar-refractivity contribution < 1.29 is 14.3 Å². The molecule has 1 atom stereocenters. The normalized spacial score (nSPS) is 16.9. The Kier molecular flexibility index (Phi) is 6.28.